The molecule has 1 aromatic carbocycles. The molecule has 2 unspecified atom stereocenters. The quantitative estimate of drug-likeness (QED) is 0.823. The molecule has 1 saturated heterocycles. The van der Waals surface area contributed by atoms with Crippen molar-refractivity contribution in [2.75, 3.05) is 31.5 Å². The summed E-state index contributed by atoms with van der Waals surface area (Å²) in [7, 11) is 0. The zero-order valence-corrected chi connectivity index (χ0v) is 14.4. The number of benzene rings is 1. The summed E-state index contributed by atoms with van der Waals surface area (Å²) in [6, 6.07) is 5.01. The van der Waals surface area contributed by atoms with E-state index in [1.807, 2.05) is 0 Å². The Hall–Kier alpha value is -1.79. The second-order valence-corrected chi connectivity index (χ2v) is 6.79. The van der Waals surface area contributed by atoms with Crippen LogP contribution in [0.4, 0.5) is 5.69 Å². The molecule has 8 heteroatoms. The Morgan fingerprint density at radius 3 is 2.50 bits per heavy atom. The van der Waals surface area contributed by atoms with Crippen LogP contribution in [0.2, 0.25) is 10.0 Å². The lowest BCUT2D eigenvalue weighted by molar-refractivity contribution is -0.137. The van der Waals surface area contributed by atoms with Crippen molar-refractivity contribution in [3.8, 4) is 0 Å². The van der Waals surface area contributed by atoms with Crippen LogP contribution < -0.4 is 5.32 Å². The van der Waals surface area contributed by atoms with Crippen molar-refractivity contribution in [1.82, 2.24) is 9.80 Å². The Morgan fingerprint density at radius 2 is 1.83 bits per heavy atom. The van der Waals surface area contributed by atoms with E-state index in [1.54, 1.807) is 28.0 Å². The highest BCUT2D eigenvalue weighted by Gasteiger charge is 2.49. The summed E-state index contributed by atoms with van der Waals surface area (Å²) < 4.78 is 0. The van der Waals surface area contributed by atoms with Crippen molar-refractivity contribution in [2.24, 2.45) is 11.8 Å². The number of rotatable bonds is 4. The third kappa shape index (κ3) is 3.49. The van der Waals surface area contributed by atoms with Gasteiger partial charge in [-0.1, -0.05) is 29.3 Å². The summed E-state index contributed by atoms with van der Waals surface area (Å²) in [5.41, 5.74) is 0.451. The van der Waals surface area contributed by atoms with Crippen molar-refractivity contribution in [2.45, 2.75) is 6.42 Å². The highest BCUT2D eigenvalue weighted by molar-refractivity contribution is 6.44. The molecule has 1 N–H and O–H groups in total. The minimum absolute atomic E-state index is 0.0158. The average Bonchev–Trinajstić information content (AvgIpc) is 3.39. The van der Waals surface area contributed by atoms with Crippen LogP contribution in [0.15, 0.2) is 18.2 Å². The van der Waals surface area contributed by atoms with Crippen molar-refractivity contribution < 1.29 is 14.4 Å². The lowest BCUT2D eigenvalue weighted by atomic mass is 10.2. The first-order valence-electron chi connectivity index (χ1n) is 7.74. The Balaban J connectivity index is 1.55. The number of carbonyl (C=O) groups is 3. The summed E-state index contributed by atoms with van der Waals surface area (Å²) in [5, 5.41) is 3.40. The summed E-state index contributed by atoms with van der Waals surface area (Å²) in [5.74, 6) is -0.857. The van der Waals surface area contributed by atoms with E-state index < -0.39 is 0 Å². The number of anilines is 1. The molecule has 3 amide bonds. The lowest BCUT2D eigenvalue weighted by Crippen LogP contribution is -2.48. The zero-order valence-electron chi connectivity index (χ0n) is 12.9. The molecule has 0 spiro atoms. The first kappa shape index (κ1) is 17.0. The van der Waals surface area contributed by atoms with E-state index in [0.717, 1.165) is 6.41 Å². The number of piperazine rings is 1. The standard InChI is InChI=1S/C16H17Cl2N3O3/c17-12-2-1-3-13(14(12)18)19-15(23)10-8-11(10)16(24)21-6-4-20(9-22)5-7-21/h1-3,9-11H,4-8H2,(H,19,23). The van der Waals surface area contributed by atoms with E-state index >= 15 is 0 Å². The minimum atomic E-state index is -0.336. The maximum absolute atomic E-state index is 12.4. The fraction of sp³-hybridized carbons (Fsp3) is 0.438. The molecule has 24 heavy (non-hydrogen) atoms. The van der Waals surface area contributed by atoms with Crippen LogP contribution in [0.5, 0.6) is 0 Å². The van der Waals surface area contributed by atoms with Crippen LogP contribution in [0, 0.1) is 11.8 Å². The van der Waals surface area contributed by atoms with Crippen LogP contribution in [-0.4, -0.2) is 54.2 Å². The molecule has 1 saturated carbocycles. The molecule has 2 fully saturated rings. The van der Waals surface area contributed by atoms with Gasteiger partial charge in [0.05, 0.1) is 27.6 Å². The predicted octanol–water partition coefficient (Wildman–Crippen LogP) is 1.87. The molecule has 1 aliphatic carbocycles. The van der Waals surface area contributed by atoms with E-state index in [-0.39, 0.29) is 23.7 Å². The van der Waals surface area contributed by atoms with Gasteiger partial charge in [-0.15, -0.1) is 0 Å². The van der Waals surface area contributed by atoms with Gasteiger partial charge in [0.25, 0.3) is 0 Å². The lowest BCUT2D eigenvalue weighted by Gasteiger charge is -2.32. The smallest absolute Gasteiger partial charge is 0.228 e. The third-order valence-electron chi connectivity index (χ3n) is 4.43. The van der Waals surface area contributed by atoms with Gasteiger partial charge in [0.2, 0.25) is 18.2 Å². The van der Waals surface area contributed by atoms with Gasteiger partial charge in [-0.2, -0.15) is 0 Å². The third-order valence-corrected chi connectivity index (χ3v) is 5.25. The van der Waals surface area contributed by atoms with E-state index in [2.05, 4.69) is 5.32 Å². The number of hydrogen-bond acceptors (Lipinski definition) is 3. The van der Waals surface area contributed by atoms with Crippen LogP contribution in [-0.2, 0) is 14.4 Å². The Kier molecular flexibility index (Phi) is 4.96. The molecular formula is C16H17Cl2N3O3. The molecule has 128 valence electrons. The molecule has 2 aliphatic rings. The first-order chi connectivity index (χ1) is 11.5. The summed E-state index contributed by atoms with van der Waals surface area (Å²) >= 11 is 12.0. The van der Waals surface area contributed by atoms with Gasteiger partial charge in [0, 0.05) is 26.2 Å². The summed E-state index contributed by atoms with van der Waals surface area (Å²) in [6.07, 6.45) is 1.33. The summed E-state index contributed by atoms with van der Waals surface area (Å²) in [6.45, 7) is 2.11. The fourth-order valence-corrected chi connectivity index (χ4v) is 3.21. The van der Waals surface area contributed by atoms with Gasteiger partial charge < -0.3 is 15.1 Å². The molecular weight excluding hydrogens is 353 g/mol. The number of nitrogens with zero attached hydrogens (tertiary/aromatic N) is 2. The van der Waals surface area contributed by atoms with Crippen LogP contribution in [0.3, 0.4) is 0 Å². The van der Waals surface area contributed by atoms with Crippen LogP contribution in [0.25, 0.3) is 0 Å². The molecule has 0 radical (unpaired) electrons. The number of nitrogens with one attached hydrogen (secondary N) is 1. The van der Waals surface area contributed by atoms with Crippen molar-refractivity contribution >= 4 is 47.1 Å². The Bertz CT molecular complexity index is 675. The number of carbonyl (C=O) groups excluding carboxylic acids is 3. The SMILES string of the molecule is O=CN1CCN(C(=O)C2CC2C(=O)Nc2cccc(Cl)c2Cl)CC1. The average molecular weight is 370 g/mol. The Labute approximate surface area is 149 Å². The van der Waals surface area contributed by atoms with Crippen molar-refractivity contribution in [3.63, 3.8) is 0 Å². The molecule has 3 rings (SSSR count). The van der Waals surface area contributed by atoms with Gasteiger partial charge in [-0.3, -0.25) is 14.4 Å². The molecule has 1 aromatic rings. The van der Waals surface area contributed by atoms with Crippen LogP contribution >= 0.6 is 23.2 Å². The van der Waals surface area contributed by atoms with E-state index in [9.17, 15) is 14.4 Å². The van der Waals surface area contributed by atoms with Gasteiger partial charge in [-0.05, 0) is 18.6 Å². The molecule has 2 atom stereocenters. The Morgan fingerprint density at radius 1 is 1.12 bits per heavy atom. The number of amides is 3. The van der Waals surface area contributed by atoms with Gasteiger partial charge in [-0.25, -0.2) is 0 Å². The normalized spacial score (nSPS) is 22.9. The highest BCUT2D eigenvalue weighted by Crippen LogP contribution is 2.41. The second-order valence-electron chi connectivity index (χ2n) is 6.01. The molecule has 1 aliphatic heterocycles. The van der Waals surface area contributed by atoms with Gasteiger partial charge >= 0.3 is 0 Å². The number of halogens is 2. The molecule has 6 nitrogen and oxygen atoms in total. The zero-order chi connectivity index (χ0) is 17.3. The number of hydrogen-bond donors (Lipinski definition) is 1. The summed E-state index contributed by atoms with van der Waals surface area (Å²) in [4.78, 5) is 38.8. The topological polar surface area (TPSA) is 69.7 Å². The van der Waals surface area contributed by atoms with Gasteiger partial charge in [0.15, 0.2) is 0 Å². The predicted molar refractivity (Wildman–Crippen MR) is 90.9 cm³/mol. The molecule has 0 bridgehead atoms. The first-order valence-corrected chi connectivity index (χ1v) is 8.50. The molecule has 0 aromatic heterocycles. The maximum Gasteiger partial charge on any atom is 0.228 e. The monoisotopic (exact) mass is 369 g/mol. The van der Waals surface area contributed by atoms with E-state index in [4.69, 9.17) is 23.2 Å². The second kappa shape index (κ2) is 6.99. The maximum atomic E-state index is 12.4. The van der Waals surface area contributed by atoms with Crippen molar-refractivity contribution in [3.05, 3.63) is 28.2 Å². The fourth-order valence-electron chi connectivity index (χ4n) is 2.87. The largest absolute Gasteiger partial charge is 0.342 e. The van der Waals surface area contributed by atoms with E-state index in [1.165, 1.54) is 0 Å². The van der Waals surface area contributed by atoms with E-state index in [0.29, 0.717) is 48.3 Å². The van der Waals surface area contributed by atoms with Gasteiger partial charge in [0.1, 0.15) is 0 Å². The van der Waals surface area contributed by atoms with Crippen LogP contribution in [0.1, 0.15) is 6.42 Å². The molecule has 1 heterocycles. The van der Waals surface area contributed by atoms with Crippen molar-refractivity contribution in [1.29, 1.82) is 0 Å². The highest BCUT2D eigenvalue weighted by atomic mass is 35.5. The minimum Gasteiger partial charge on any atom is -0.342 e.